The van der Waals surface area contributed by atoms with E-state index in [1.54, 1.807) is 7.11 Å². The zero-order valence-electron chi connectivity index (χ0n) is 12.0. The fourth-order valence-electron chi connectivity index (χ4n) is 2.69. The largest absolute Gasteiger partial charge is 0.383 e. The summed E-state index contributed by atoms with van der Waals surface area (Å²) in [4.78, 5) is 14.1. The Morgan fingerprint density at radius 2 is 2.00 bits per heavy atom. The van der Waals surface area contributed by atoms with Crippen LogP contribution in [0, 0.1) is 0 Å². The standard InChI is InChI=1S/C15H23N3O2/c1-20-12-9-17-15(14(16)19)7-10-18(11-8-15)13-5-3-2-4-6-13/h2-6,17H,7-12H2,1H3,(H2,16,19). The summed E-state index contributed by atoms with van der Waals surface area (Å²) in [6.07, 6.45) is 1.45. The molecule has 1 heterocycles. The minimum atomic E-state index is -0.593. The third-order valence-electron chi connectivity index (χ3n) is 3.98. The molecule has 0 saturated carbocycles. The SMILES string of the molecule is COCCNC1(C(N)=O)CCN(c2ccccc2)CC1. The molecule has 0 aliphatic carbocycles. The zero-order chi connectivity index (χ0) is 14.4. The van der Waals surface area contributed by atoms with Gasteiger partial charge in [0.25, 0.3) is 0 Å². The molecule has 0 bridgehead atoms. The predicted octanol–water partition coefficient (Wildman–Crippen LogP) is 0.747. The Labute approximate surface area is 120 Å². The van der Waals surface area contributed by atoms with Crippen molar-refractivity contribution >= 4 is 11.6 Å². The lowest BCUT2D eigenvalue weighted by Crippen LogP contribution is -2.61. The van der Waals surface area contributed by atoms with Crippen LogP contribution < -0.4 is 16.0 Å². The molecule has 3 N–H and O–H groups in total. The molecule has 5 nitrogen and oxygen atoms in total. The van der Waals surface area contributed by atoms with Crippen LogP contribution in [0.3, 0.4) is 0 Å². The first-order valence-electron chi connectivity index (χ1n) is 7.02. The van der Waals surface area contributed by atoms with E-state index in [9.17, 15) is 4.79 Å². The normalized spacial score (nSPS) is 17.9. The molecule has 1 aromatic rings. The third kappa shape index (κ3) is 3.29. The number of nitrogens with zero attached hydrogens (tertiary/aromatic N) is 1. The lowest BCUT2D eigenvalue weighted by molar-refractivity contribution is -0.125. The lowest BCUT2D eigenvalue weighted by Gasteiger charge is -2.41. The second-order valence-electron chi connectivity index (χ2n) is 5.19. The van der Waals surface area contributed by atoms with Crippen LogP contribution in [0.25, 0.3) is 0 Å². The number of para-hydroxylation sites is 1. The van der Waals surface area contributed by atoms with Gasteiger partial charge >= 0.3 is 0 Å². The highest BCUT2D eigenvalue weighted by molar-refractivity contribution is 5.85. The van der Waals surface area contributed by atoms with Crippen molar-refractivity contribution in [2.24, 2.45) is 5.73 Å². The highest BCUT2D eigenvalue weighted by Gasteiger charge is 2.39. The highest BCUT2D eigenvalue weighted by Crippen LogP contribution is 2.26. The molecular weight excluding hydrogens is 254 g/mol. The number of amides is 1. The first-order valence-corrected chi connectivity index (χ1v) is 7.02. The summed E-state index contributed by atoms with van der Waals surface area (Å²) >= 11 is 0. The van der Waals surface area contributed by atoms with Gasteiger partial charge in [-0.05, 0) is 25.0 Å². The maximum Gasteiger partial charge on any atom is 0.237 e. The van der Waals surface area contributed by atoms with E-state index in [2.05, 4.69) is 22.3 Å². The van der Waals surface area contributed by atoms with Crippen LogP contribution in [0.4, 0.5) is 5.69 Å². The van der Waals surface area contributed by atoms with Gasteiger partial charge in [-0.1, -0.05) is 18.2 Å². The van der Waals surface area contributed by atoms with E-state index in [1.807, 2.05) is 18.2 Å². The lowest BCUT2D eigenvalue weighted by atomic mass is 9.86. The number of nitrogens with one attached hydrogen (secondary N) is 1. The molecule has 0 unspecified atom stereocenters. The van der Waals surface area contributed by atoms with Gasteiger partial charge in [0.15, 0.2) is 0 Å². The van der Waals surface area contributed by atoms with E-state index >= 15 is 0 Å². The number of carbonyl (C=O) groups is 1. The first-order chi connectivity index (χ1) is 9.68. The molecule has 1 fully saturated rings. The van der Waals surface area contributed by atoms with E-state index in [1.165, 1.54) is 5.69 Å². The van der Waals surface area contributed by atoms with Crippen LogP contribution in [0.5, 0.6) is 0 Å². The summed E-state index contributed by atoms with van der Waals surface area (Å²) < 4.78 is 5.02. The molecule has 2 rings (SSSR count). The van der Waals surface area contributed by atoms with E-state index in [0.717, 1.165) is 25.9 Å². The number of hydrogen-bond donors (Lipinski definition) is 2. The van der Waals surface area contributed by atoms with Crippen molar-refractivity contribution in [3.63, 3.8) is 0 Å². The zero-order valence-corrected chi connectivity index (χ0v) is 12.0. The number of primary amides is 1. The second kappa shape index (κ2) is 6.72. The first kappa shape index (κ1) is 14.8. The maximum atomic E-state index is 11.8. The number of hydrogen-bond acceptors (Lipinski definition) is 4. The number of methoxy groups -OCH3 is 1. The van der Waals surface area contributed by atoms with Gasteiger partial charge in [0.05, 0.1) is 6.61 Å². The molecule has 110 valence electrons. The Balaban J connectivity index is 1.97. The topological polar surface area (TPSA) is 67.6 Å². The van der Waals surface area contributed by atoms with Gasteiger partial charge in [-0.3, -0.25) is 4.79 Å². The number of carbonyl (C=O) groups excluding carboxylic acids is 1. The second-order valence-corrected chi connectivity index (χ2v) is 5.19. The van der Waals surface area contributed by atoms with Crippen LogP contribution in [-0.2, 0) is 9.53 Å². The van der Waals surface area contributed by atoms with Gasteiger partial charge in [-0.2, -0.15) is 0 Å². The van der Waals surface area contributed by atoms with Gasteiger partial charge < -0.3 is 20.7 Å². The van der Waals surface area contributed by atoms with Gasteiger partial charge in [0, 0.05) is 32.4 Å². The van der Waals surface area contributed by atoms with Crippen LogP contribution >= 0.6 is 0 Å². The number of rotatable bonds is 6. The molecule has 5 heteroatoms. The van der Waals surface area contributed by atoms with Crippen molar-refractivity contribution < 1.29 is 9.53 Å². The molecule has 0 spiro atoms. The Morgan fingerprint density at radius 3 is 2.55 bits per heavy atom. The molecule has 1 aromatic carbocycles. The average Bonchev–Trinajstić information content (AvgIpc) is 2.49. The van der Waals surface area contributed by atoms with Gasteiger partial charge in [0.2, 0.25) is 5.91 Å². The third-order valence-corrected chi connectivity index (χ3v) is 3.98. The maximum absolute atomic E-state index is 11.8. The Hall–Kier alpha value is -1.59. The van der Waals surface area contributed by atoms with Crippen molar-refractivity contribution in [2.45, 2.75) is 18.4 Å². The van der Waals surface area contributed by atoms with Gasteiger partial charge in [0.1, 0.15) is 5.54 Å². The van der Waals surface area contributed by atoms with Crippen LogP contribution in [-0.4, -0.2) is 44.8 Å². The average molecular weight is 277 g/mol. The molecule has 1 aliphatic rings. The number of piperidine rings is 1. The smallest absolute Gasteiger partial charge is 0.237 e. The molecule has 1 amide bonds. The molecule has 0 atom stereocenters. The van der Waals surface area contributed by atoms with Crippen LogP contribution in [0.15, 0.2) is 30.3 Å². The minimum absolute atomic E-state index is 0.263. The quantitative estimate of drug-likeness (QED) is 0.753. The van der Waals surface area contributed by atoms with Crippen LogP contribution in [0.2, 0.25) is 0 Å². The predicted molar refractivity (Wildman–Crippen MR) is 79.7 cm³/mol. The van der Waals surface area contributed by atoms with Crippen molar-refractivity contribution in [1.29, 1.82) is 0 Å². The fraction of sp³-hybridized carbons (Fsp3) is 0.533. The van der Waals surface area contributed by atoms with Crippen molar-refractivity contribution in [1.82, 2.24) is 5.32 Å². The molecule has 20 heavy (non-hydrogen) atoms. The van der Waals surface area contributed by atoms with E-state index < -0.39 is 5.54 Å². The number of anilines is 1. The highest BCUT2D eigenvalue weighted by atomic mass is 16.5. The van der Waals surface area contributed by atoms with Crippen molar-refractivity contribution in [3.05, 3.63) is 30.3 Å². The fourth-order valence-corrected chi connectivity index (χ4v) is 2.69. The Morgan fingerprint density at radius 1 is 1.35 bits per heavy atom. The summed E-state index contributed by atoms with van der Waals surface area (Å²) in [6, 6.07) is 10.3. The van der Waals surface area contributed by atoms with Gasteiger partial charge in [-0.15, -0.1) is 0 Å². The van der Waals surface area contributed by atoms with E-state index in [-0.39, 0.29) is 5.91 Å². The number of benzene rings is 1. The van der Waals surface area contributed by atoms with E-state index in [0.29, 0.717) is 13.2 Å². The van der Waals surface area contributed by atoms with Gasteiger partial charge in [-0.25, -0.2) is 0 Å². The monoisotopic (exact) mass is 277 g/mol. The Bertz CT molecular complexity index is 428. The summed E-state index contributed by atoms with van der Waals surface area (Å²) in [5, 5.41) is 3.28. The molecule has 0 radical (unpaired) electrons. The Kier molecular flexibility index (Phi) is 4.98. The summed E-state index contributed by atoms with van der Waals surface area (Å²) in [6.45, 7) is 2.88. The van der Waals surface area contributed by atoms with Crippen molar-refractivity contribution in [3.8, 4) is 0 Å². The minimum Gasteiger partial charge on any atom is -0.383 e. The molecule has 1 aliphatic heterocycles. The number of ether oxygens (including phenoxy) is 1. The summed E-state index contributed by atoms with van der Waals surface area (Å²) in [5.74, 6) is -0.263. The van der Waals surface area contributed by atoms with Crippen molar-refractivity contribution in [2.75, 3.05) is 38.3 Å². The molecule has 1 saturated heterocycles. The summed E-state index contributed by atoms with van der Waals surface area (Å²) in [7, 11) is 1.65. The van der Waals surface area contributed by atoms with E-state index in [4.69, 9.17) is 10.5 Å². The molecular formula is C15H23N3O2. The number of nitrogens with two attached hydrogens (primary N) is 1. The summed E-state index contributed by atoms with van der Waals surface area (Å²) in [5.41, 5.74) is 6.21. The van der Waals surface area contributed by atoms with Crippen LogP contribution in [0.1, 0.15) is 12.8 Å². The molecule has 0 aromatic heterocycles.